The summed E-state index contributed by atoms with van der Waals surface area (Å²) in [5.41, 5.74) is 1.41. The molecule has 0 saturated heterocycles. The molecule has 2 nitrogen and oxygen atoms in total. The number of rotatable bonds is 7. The van der Waals surface area contributed by atoms with Crippen LogP contribution in [0.4, 0.5) is 0 Å². The zero-order valence-corrected chi connectivity index (χ0v) is 10.7. The van der Waals surface area contributed by atoms with Gasteiger partial charge in [-0.3, -0.25) is 0 Å². The van der Waals surface area contributed by atoms with Gasteiger partial charge in [-0.05, 0) is 45.4 Å². The lowest BCUT2D eigenvalue weighted by atomic mass is 10.3. The number of thiophene rings is 1. The van der Waals surface area contributed by atoms with Crippen LogP contribution in [0, 0.1) is 13.8 Å². The molecule has 0 saturated carbocycles. The predicted molar refractivity (Wildman–Crippen MR) is 66.6 cm³/mol. The van der Waals surface area contributed by atoms with Crippen molar-refractivity contribution in [2.24, 2.45) is 0 Å². The topological polar surface area (TPSA) is 21.3 Å². The van der Waals surface area contributed by atoms with E-state index in [9.17, 15) is 0 Å². The van der Waals surface area contributed by atoms with Gasteiger partial charge in [0.25, 0.3) is 0 Å². The lowest BCUT2D eigenvalue weighted by Crippen LogP contribution is -2.15. The van der Waals surface area contributed by atoms with E-state index in [1.165, 1.54) is 15.3 Å². The van der Waals surface area contributed by atoms with Gasteiger partial charge >= 0.3 is 0 Å². The highest BCUT2D eigenvalue weighted by Crippen LogP contribution is 2.19. The summed E-state index contributed by atoms with van der Waals surface area (Å²) in [6.45, 7) is 10.1. The summed E-state index contributed by atoms with van der Waals surface area (Å²) in [6, 6.07) is 2.27. The third kappa shape index (κ3) is 4.78. The molecule has 0 atom stereocenters. The van der Waals surface area contributed by atoms with Crippen molar-refractivity contribution in [1.82, 2.24) is 5.32 Å². The molecular formula is C12H21NOS. The fourth-order valence-corrected chi connectivity index (χ4v) is 2.42. The largest absolute Gasteiger partial charge is 0.382 e. The molecule has 15 heavy (non-hydrogen) atoms. The van der Waals surface area contributed by atoms with Crippen molar-refractivity contribution in [1.29, 1.82) is 0 Å². The van der Waals surface area contributed by atoms with E-state index in [0.717, 1.165) is 32.7 Å². The van der Waals surface area contributed by atoms with Crippen molar-refractivity contribution in [3.05, 3.63) is 21.4 Å². The molecule has 0 aliphatic heterocycles. The molecule has 0 unspecified atom stereocenters. The quantitative estimate of drug-likeness (QED) is 0.723. The number of nitrogens with one attached hydrogen (secondary N) is 1. The maximum atomic E-state index is 5.27. The van der Waals surface area contributed by atoms with Crippen molar-refractivity contribution in [3.63, 3.8) is 0 Å². The lowest BCUT2D eigenvalue weighted by molar-refractivity contribution is 0.144. The van der Waals surface area contributed by atoms with E-state index in [1.54, 1.807) is 0 Å². The Morgan fingerprint density at radius 2 is 2.20 bits per heavy atom. The van der Waals surface area contributed by atoms with Crippen molar-refractivity contribution >= 4 is 11.3 Å². The van der Waals surface area contributed by atoms with Gasteiger partial charge in [0.2, 0.25) is 0 Å². The van der Waals surface area contributed by atoms with E-state index < -0.39 is 0 Å². The molecule has 0 bridgehead atoms. The van der Waals surface area contributed by atoms with Gasteiger partial charge in [0.15, 0.2) is 0 Å². The Kier molecular flexibility index (Phi) is 5.91. The molecule has 1 heterocycles. The molecule has 86 valence electrons. The van der Waals surface area contributed by atoms with Crippen LogP contribution in [0.2, 0.25) is 0 Å². The fourth-order valence-electron chi connectivity index (χ4n) is 1.39. The highest BCUT2D eigenvalue weighted by Gasteiger charge is 2.00. The standard InChI is InChI=1S/C12H21NOS/c1-4-14-7-5-6-13-9-12-8-10(2)11(3)15-12/h8,13H,4-7,9H2,1-3H3. The second-order valence-electron chi connectivity index (χ2n) is 3.68. The first-order valence-corrected chi connectivity index (χ1v) is 6.40. The highest BCUT2D eigenvalue weighted by molar-refractivity contribution is 7.12. The summed E-state index contributed by atoms with van der Waals surface area (Å²) >= 11 is 1.89. The second kappa shape index (κ2) is 6.99. The van der Waals surface area contributed by atoms with Crippen LogP contribution in [-0.2, 0) is 11.3 Å². The van der Waals surface area contributed by atoms with Crippen molar-refractivity contribution < 1.29 is 4.74 Å². The SMILES string of the molecule is CCOCCCNCc1cc(C)c(C)s1. The smallest absolute Gasteiger partial charge is 0.0477 e. The van der Waals surface area contributed by atoms with Crippen LogP contribution < -0.4 is 5.32 Å². The van der Waals surface area contributed by atoms with Gasteiger partial charge in [0.05, 0.1) is 0 Å². The van der Waals surface area contributed by atoms with E-state index in [0.29, 0.717) is 0 Å². The van der Waals surface area contributed by atoms with Crippen LogP contribution in [-0.4, -0.2) is 19.8 Å². The van der Waals surface area contributed by atoms with Crippen LogP contribution in [0.15, 0.2) is 6.07 Å². The number of ether oxygens (including phenoxy) is 1. The van der Waals surface area contributed by atoms with Crippen LogP contribution in [0.5, 0.6) is 0 Å². The molecule has 1 aromatic rings. The van der Waals surface area contributed by atoms with Crippen molar-refractivity contribution in [3.8, 4) is 0 Å². The maximum Gasteiger partial charge on any atom is 0.0477 e. The lowest BCUT2D eigenvalue weighted by Gasteiger charge is -2.02. The van der Waals surface area contributed by atoms with Crippen LogP contribution in [0.1, 0.15) is 28.7 Å². The number of aryl methyl sites for hydroxylation is 2. The monoisotopic (exact) mass is 227 g/mol. The predicted octanol–water partition coefficient (Wildman–Crippen LogP) is 2.88. The minimum Gasteiger partial charge on any atom is -0.382 e. The summed E-state index contributed by atoms with van der Waals surface area (Å²) in [5, 5.41) is 3.43. The fraction of sp³-hybridized carbons (Fsp3) is 0.667. The van der Waals surface area contributed by atoms with Gasteiger partial charge in [-0.2, -0.15) is 0 Å². The summed E-state index contributed by atoms with van der Waals surface area (Å²) < 4.78 is 5.27. The van der Waals surface area contributed by atoms with Gasteiger partial charge in [-0.15, -0.1) is 11.3 Å². The van der Waals surface area contributed by atoms with Gasteiger partial charge in [0, 0.05) is 29.5 Å². The van der Waals surface area contributed by atoms with Gasteiger partial charge < -0.3 is 10.1 Å². The van der Waals surface area contributed by atoms with Gasteiger partial charge in [-0.1, -0.05) is 0 Å². The molecule has 0 aromatic carbocycles. The van der Waals surface area contributed by atoms with E-state index in [4.69, 9.17) is 4.74 Å². The molecule has 1 N–H and O–H groups in total. The molecule has 0 amide bonds. The van der Waals surface area contributed by atoms with E-state index in [1.807, 2.05) is 18.3 Å². The van der Waals surface area contributed by atoms with Crippen LogP contribution >= 0.6 is 11.3 Å². The zero-order chi connectivity index (χ0) is 11.1. The van der Waals surface area contributed by atoms with Crippen molar-refractivity contribution in [2.45, 2.75) is 33.7 Å². The molecule has 1 aromatic heterocycles. The third-order valence-corrected chi connectivity index (χ3v) is 3.52. The average Bonchev–Trinajstić information content (AvgIpc) is 2.52. The molecular weight excluding hydrogens is 206 g/mol. The Hall–Kier alpha value is -0.380. The first-order valence-electron chi connectivity index (χ1n) is 5.58. The molecule has 3 heteroatoms. The Morgan fingerprint density at radius 3 is 2.80 bits per heavy atom. The Balaban J connectivity index is 2.10. The highest BCUT2D eigenvalue weighted by atomic mass is 32.1. The van der Waals surface area contributed by atoms with E-state index >= 15 is 0 Å². The molecule has 0 spiro atoms. The maximum absolute atomic E-state index is 5.27. The molecule has 0 aliphatic carbocycles. The molecule has 0 aliphatic rings. The van der Waals surface area contributed by atoms with Gasteiger partial charge in [-0.25, -0.2) is 0 Å². The molecule has 0 fully saturated rings. The molecule has 1 rings (SSSR count). The van der Waals surface area contributed by atoms with Crippen LogP contribution in [0.3, 0.4) is 0 Å². The summed E-state index contributed by atoms with van der Waals surface area (Å²) in [5.74, 6) is 0. The summed E-state index contributed by atoms with van der Waals surface area (Å²) in [4.78, 5) is 2.86. The normalized spacial score (nSPS) is 10.9. The Morgan fingerprint density at radius 1 is 1.40 bits per heavy atom. The molecule has 0 radical (unpaired) electrons. The first kappa shape index (κ1) is 12.7. The first-order chi connectivity index (χ1) is 7.24. The minimum absolute atomic E-state index is 0.823. The minimum atomic E-state index is 0.823. The Labute approximate surface area is 96.7 Å². The average molecular weight is 227 g/mol. The van der Waals surface area contributed by atoms with Crippen LogP contribution in [0.25, 0.3) is 0 Å². The van der Waals surface area contributed by atoms with Crippen molar-refractivity contribution in [2.75, 3.05) is 19.8 Å². The zero-order valence-electron chi connectivity index (χ0n) is 9.93. The van der Waals surface area contributed by atoms with E-state index in [2.05, 4.69) is 25.2 Å². The number of hydrogen-bond donors (Lipinski definition) is 1. The Bertz CT molecular complexity index is 264. The number of hydrogen-bond acceptors (Lipinski definition) is 3. The summed E-state index contributed by atoms with van der Waals surface area (Å²) in [6.07, 6.45) is 1.09. The second-order valence-corrected chi connectivity index (χ2v) is 5.02. The third-order valence-electron chi connectivity index (χ3n) is 2.36. The van der Waals surface area contributed by atoms with Gasteiger partial charge in [0.1, 0.15) is 0 Å². The summed E-state index contributed by atoms with van der Waals surface area (Å²) in [7, 11) is 0. The van der Waals surface area contributed by atoms with E-state index in [-0.39, 0.29) is 0 Å².